The lowest BCUT2D eigenvalue weighted by molar-refractivity contribution is -0.140. The van der Waals surface area contributed by atoms with Crippen LogP contribution in [0.3, 0.4) is 0 Å². The first kappa shape index (κ1) is 18.0. The average molecular weight is 352 g/mol. The number of esters is 1. The second-order valence-electron chi connectivity index (χ2n) is 5.35. The molecule has 0 saturated carbocycles. The van der Waals surface area contributed by atoms with Gasteiger partial charge in [-0.2, -0.15) is 0 Å². The van der Waals surface area contributed by atoms with Crippen LogP contribution < -0.4 is 10.0 Å². The third-order valence-electron chi connectivity index (χ3n) is 3.51. The highest BCUT2D eigenvalue weighted by Crippen LogP contribution is 2.17. The highest BCUT2D eigenvalue weighted by molar-refractivity contribution is 7.90. The van der Waals surface area contributed by atoms with Crippen LogP contribution in [0.5, 0.6) is 0 Å². The van der Waals surface area contributed by atoms with Crippen molar-refractivity contribution in [2.24, 2.45) is 0 Å². The summed E-state index contributed by atoms with van der Waals surface area (Å²) in [5, 5.41) is 2.93. The van der Waals surface area contributed by atoms with Crippen molar-refractivity contribution in [3.8, 4) is 0 Å². The first-order chi connectivity index (χ1) is 11.3. The highest BCUT2D eigenvalue weighted by Gasteiger charge is 2.29. The molecular weight excluding hydrogens is 332 g/mol. The molecule has 0 spiro atoms. The molecule has 1 aliphatic heterocycles. The summed E-state index contributed by atoms with van der Waals surface area (Å²) < 4.78 is 31.5. The Balaban J connectivity index is 2.29. The molecule has 1 amide bonds. The lowest BCUT2D eigenvalue weighted by Crippen LogP contribution is -2.36. The van der Waals surface area contributed by atoms with E-state index in [4.69, 9.17) is 4.74 Å². The van der Waals surface area contributed by atoms with Crippen LogP contribution in [0.1, 0.15) is 25.3 Å². The van der Waals surface area contributed by atoms with Gasteiger partial charge in [0.15, 0.2) is 0 Å². The fourth-order valence-electron chi connectivity index (χ4n) is 2.31. The molecule has 8 heteroatoms. The predicted octanol–water partition coefficient (Wildman–Crippen LogP) is 1.00. The van der Waals surface area contributed by atoms with E-state index in [1.54, 1.807) is 19.1 Å². The maximum atomic E-state index is 12.4. The number of nitrogens with one attached hydrogen (secondary N) is 2. The van der Waals surface area contributed by atoms with E-state index < -0.39 is 21.9 Å². The SMILES string of the molecule is CCOC(=O)/C(C(=O)NS(=O)(=O)c1ccc(C)cc1)=C1\CCCN1. The van der Waals surface area contributed by atoms with Crippen LogP contribution in [0.25, 0.3) is 0 Å². The summed E-state index contributed by atoms with van der Waals surface area (Å²) in [6.45, 7) is 4.15. The quantitative estimate of drug-likeness (QED) is 0.355. The van der Waals surface area contributed by atoms with Gasteiger partial charge in [0.1, 0.15) is 5.57 Å². The van der Waals surface area contributed by atoms with Gasteiger partial charge in [-0.15, -0.1) is 0 Å². The van der Waals surface area contributed by atoms with E-state index in [0.717, 1.165) is 12.0 Å². The van der Waals surface area contributed by atoms with E-state index in [1.165, 1.54) is 12.1 Å². The summed E-state index contributed by atoms with van der Waals surface area (Å²) in [7, 11) is -4.07. The number of benzene rings is 1. The van der Waals surface area contributed by atoms with E-state index in [9.17, 15) is 18.0 Å². The fourth-order valence-corrected chi connectivity index (χ4v) is 3.27. The minimum absolute atomic E-state index is 0.0472. The third kappa shape index (κ3) is 4.14. The van der Waals surface area contributed by atoms with E-state index in [2.05, 4.69) is 5.32 Å². The number of hydrogen-bond acceptors (Lipinski definition) is 6. The summed E-state index contributed by atoms with van der Waals surface area (Å²) in [4.78, 5) is 24.4. The number of allylic oxidation sites excluding steroid dienone is 1. The van der Waals surface area contributed by atoms with Gasteiger partial charge in [0.25, 0.3) is 15.9 Å². The topological polar surface area (TPSA) is 102 Å². The Hall–Kier alpha value is -2.35. The normalized spacial score (nSPS) is 16.2. The lowest BCUT2D eigenvalue weighted by Gasteiger charge is -2.12. The van der Waals surface area contributed by atoms with E-state index >= 15 is 0 Å². The van der Waals surface area contributed by atoms with Gasteiger partial charge >= 0.3 is 5.97 Å². The standard InChI is InChI=1S/C16H20N2O5S/c1-3-23-16(20)14(13-5-4-10-17-13)15(19)18-24(21,22)12-8-6-11(2)7-9-12/h6-9,17H,3-5,10H2,1-2H3,(H,18,19)/b14-13+. The Morgan fingerprint density at radius 1 is 1.25 bits per heavy atom. The average Bonchev–Trinajstić information content (AvgIpc) is 3.01. The Kier molecular flexibility index (Phi) is 5.61. The minimum Gasteiger partial charge on any atom is -0.462 e. The number of carbonyl (C=O) groups excluding carboxylic acids is 2. The van der Waals surface area contributed by atoms with Crippen molar-refractivity contribution in [3.05, 3.63) is 41.1 Å². The van der Waals surface area contributed by atoms with Crippen LogP contribution >= 0.6 is 0 Å². The second-order valence-corrected chi connectivity index (χ2v) is 7.03. The van der Waals surface area contributed by atoms with Crippen LogP contribution in [0, 0.1) is 6.92 Å². The fraction of sp³-hybridized carbons (Fsp3) is 0.375. The third-order valence-corrected chi connectivity index (χ3v) is 4.86. The zero-order chi connectivity index (χ0) is 17.7. The second kappa shape index (κ2) is 7.48. The van der Waals surface area contributed by atoms with E-state index in [0.29, 0.717) is 18.7 Å². The molecule has 1 fully saturated rings. The Morgan fingerprint density at radius 3 is 2.46 bits per heavy atom. The lowest BCUT2D eigenvalue weighted by atomic mass is 10.1. The molecule has 0 radical (unpaired) electrons. The first-order valence-electron chi connectivity index (χ1n) is 7.63. The van der Waals surface area contributed by atoms with Crippen molar-refractivity contribution >= 4 is 21.9 Å². The van der Waals surface area contributed by atoms with Crippen LogP contribution in [0.2, 0.25) is 0 Å². The largest absolute Gasteiger partial charge is 0.462 e. The molecule has 1 heterocycles. The molecule has 24 heavy (non-hydrogen) atoms. The molecular formula is C16H20N2O5S. The molecule has 1 aliphatic rings. The molecule has 130 valence electrons. The van der Waals surface area contributed by atoms with E-state index in [-0.39, 0.29) is 17.1 Å². The number of sulfonamides is 1. The molecule has 1 aromatic rings. The van der Waals surface area contributed by atoms with Crippen molar-refractivity contribution in [2.45, 2.75) is 31.6 Å². The van der Waals surface area contributed by atoms with Gasteiger partial charge in [0.05, 0.1) is 11.5 Å². The van der Waals surface area contributed by atoms with Gasteiger partial charge in [-0.25, -0.2) is 17.9 Å². The molecule has 0 aromatic heterocycles. The van der Waals surface area contributed by atoms with Crippen LogP contribution in [-0.4, -0.2) is 33.4 Å². The van der Waals surface area contributed by atoms with Gasteiger partial charge in [0.2, 0.25) is 0 Å². The highest BCUT2D eigenvalue weighted by atomic mass is 32.2. The summed E-state index contributed by atoms with van der Waals surface area (Å²) in [6.07, 6.45) is 1.25. The van der Waals surface area contributed by atoms with Crippen molar-refractivity contribution in [3.63, 3.8) is 0 Å². The van der Waals surface area contributed by atoms with Crippen LogP contribution in [0.4, 0.5) is 0 Å². The minimum atomic E-state index is -4.07. The predicted molar refractivity (Wildman–Crippen MR) is 87.4 cm³/mol. The number of ether oxygens (including phenoxy) is 1. The number of carbonyl (C=O) groups is 2. The monoisotopic (exact) mass is 352 g/mol. The number of rotatable bonds is 5. The maximum absolute atomic E-state index is 12.4. The molecule has 0 unspecified atom stereocenters. The van der Waals surface area contributed by atoms with Gasteiger partial charge < -0.3 is 10.1 Å². The number of aryl methyl sites for hydroxylation is 1. The Labute approximate surface area is 141 Å². The van der Waals surface area contributed by atoms with Crippen molar-refractivity contribution in [2.75, 3.05) is 13.2 Å². The van der Waals surface area contributed by atoms with Crippen molar-refractivity contribution in [1.29, 1.82) is 0 Å². The van der Waals surface area contributed by atoms with Gasteiger partial charge in [-0.1, -0.05) is 17.7 Å². The smallest absolute Gasteiger partial charge is 0.345 e. The zero-order valence-electron chi connectivity index (χ0n) is 13.6. The zero-order valence-corrected chi connectivity index (χ0v) is 14.4. The van der Waals surface area contributed by atoms with Crippen molar-refractivity contribution in [1.82, 2.24) is 10.0 Å². The molecule has 2 N–H and O–H groups in total. The van der Waals surface area contributed by atoms with Gasteiger partial charge in [-0.05, 0) is 38.8 Å². The summed E-state index contributed by atoms with van der Waals surface area (Å²) in [6, 6.07) is 6.05. The van der Waals surface area contributed by atoms with Gasteiger partial charge in [-0.3, -0.25) is 4.79 Å². The van der Waals surface area contributed by atoms with E-state index in [1.807, 2.05) is 11.6 Å². The molecule has 0 atom stereocenters. The molecule has 1 aromatic carbocycles. The molecule has 1 saturated heterocycles. The number of amides is 1. The molecule has 2 rings (SSSR count). The molecule has 0 aliphatic carbocycles. The van der Waals surface area contributed by atoms with Gasteiger partial charge in [0, 0.05) is 12.2 Å². The summed E-state index contributed by atoms with van der Waals surface area (Å²) in [5.41, 5.74) is 1.01. The Bertz CT molecular complexity index is 758. The van der Waals surface area contributed by atoms with Crippen molar-refractivity contribution < 1.29 is 22.7 Å². The molecule has 0 bridgehead atoms. The number of hydrogen-bond donors (Lipinski definition) is 2. The van der Waals surface area contributed by atoms with Crippen LogP contribution in [0.15, 0.2) is 40.4 Å². The first-order valence-corrected chi connectivity index (χ1v) is 9.11. The maximum Gasteiger partial charge on any atom is 0.345 e. The summed E-state index contributed by atoms with van der Waals surface area (Å²) in [5.74, 6) is -1.82. The van der Waals surface area contributed by atoms with Crippen LogP contribution in [-0.2, 0) is 24.3 Å². The molecule has 7 nitrogen and oxygen atoms in total. The Morgan fingerprint density at radius 2 is 1.92 bits per heavy atom. The summed E-state index contributed by atoms with van der Waals surface area (Å²) >= 11 is 0.